The molecule has 1 aromatic rings. The van der Waals surface area contributed by atoms with Gasteiger partial charge in [-0.3, -0.25) is 14.9 Å². The first-order chi connectivity index (χ1) is 10.0. The minimum absolute atomic E-state index is 0.0835. The van der Waals surface area contributed by atoms with Crippen molar-refractivity contribution in [3.63, 3.8) is 0 Å². The van der Waals surface area contributed by atoms with Gasteiger partial charge in [0, 0.05) is 29.6 Å². The van der Waals surface area contributed by atoms with Crippen molar-refractivity contribution in [2.45, 2.75) is 19.8 Å². The second kappa shape index (κ2) is 8.61. The van der Waals surface area contributed by atoms with Crippen LogP contribution >= 0.6 is 15.9 Å². The average molecular weight is 359 g/mol. The van der Waals surface area contributed by atoms with Gasteiger partial charge in [0.05, 0.1) is 12.0 Å². The molecule has 0 heterocycles. The smallest absolute Gasteiger partial charge is 0.310 e. The summed E-state index contributed by atoms with van der Waals surface area (Å²) in [6, 6.07) is 4.10. The molecule has 0 spiro atoms. The Bertz CT molecular complexity index is 508. The number of ether oxygens (including phenoxy) is 1. The number of alkyl halides is 1. The number of amides is 1. The minimum atomic E-state index is -0.538. The SMILES string of the molecule is CCC(CCBr)CNC(=O)c1ccc([N+](=O)[O-])c(OC)c1. The van der Waals surface area contributed by atoms with Gasteiger partial charge in [0.2, 0.25) is 0 Å². The van der Waals surface area contributed by atoms with Crippen LogP contribution < -0.4 is 10.1 Å². The van der Waals surface area contributed by atoms with Crippen LogP contribution in [-0.2, 0) is 0 Å². The maximum absolute atomic E-state index is 12.1. The van der Waals surface area contributed by atoms with Gasteiger partial charge in [-0.1, -0.05) is 29.3 Å². The van der Waals surface area contributed by atoms with E-state index in [0.717, 1.165) is 18.2 Å². The van der Waals surface area contributed by atoms with Crippen LogP contribution in [0.15, 0.2) is 18.2 Å². The van der Waals surface area contributed by atoms with Crippen LogP contribution in [0.2, 0.25) is 0 Å². The Morgan fingerprint density at radius 1 is 1.52 bits per heavy atom. The Morgan fingerprint density at radius 2 is 2.24 bits per heavy atom. The van der Waals surface area contributed by atoms with Gasteiger partial charge in [-0.25, -0.2) is 0 Å². The van der Waals surface area contributed by atoms with Crippen molar-refractivity contribution in [2.24, 2.45) is 5.92 Å². The molecule has 0 bridgehead atoms. The monoisotopic (exact) mass is 358 g/mol. The quantitative estimate of drug-likeness (QED) is 0.439. The molecule has 116 valence electrons. The molecule has 6 nitrogen and oxygen atoms in total. The molecule has 0 aliphatic heterocycles. The standard InChI is InChI=1S/C14H19BrN2O4/c1-3-10(6-7-15)9-16-14(18)11-4-5-12(17(19)20)13(8-11)21-2/h4-5,8,10H,3,6-7,9H2,1-2H3,(H,16,18). The summed E-state index contributed by atoms with van der Waals surface area (Å²) < 4.78 is 4.95. The summed E-state index contributed by atoms with van der Waals surface area (Å²) in [5, 5.41) is 14.6. The largest absolute Gasteiger partial charge is 0.490 e. The first kappa shape index (κ1) is 17.4. The third-order valence-corrected chi connectivity index (χ3v) is 3.74. The number of rotatable bonds is 8. The molecular weight excluding hydrogens is 340 g/mol. The number of methoxy groups -OCH3 is 1. The van der Waals surface area contributed by atoms with E-state index < -0.39 is 4.92 Å². The Kier molecular flexibility index (Phi) is 7.14. The van der Waals surface area contributed by atoms with Gasteiger partial charge in [-0.2, -0.15) is 0 Å². The van der Waals surface area contributed by atoms with E-state index in [1.807, 2.05) is 0 Å². The first-order valence-corrected chi connectivity index (χ1v) is 7.82. The van der Waals surface area contributed by atoms with Crippen molar-refractivity contribution in [2.75, 3.05) is 19.0 Å². The molecule has 0 aliphatic rings. The molecule has 0 aliphatic carbocycles. The van der Waals surface area contributed by atoms with E-state index in [1.54, 1.807) is 0 Å². The van der Waals surface area contributed by atoms with Crippen LogP contribution in [0.1, 0.15) is 30.1 Å². The van der Waals surface area contributed by atoms with Crippen molar-refractivity contribution in [1.82, 2.24) is 5.32 Å². The number of nitro groups is 1. The lowest BCUT2D eigenvalue weighted by Gasteiger charge is -2.14. The lowest BCUT2D eigenvalue weighted by molar-refractivity contribution is -0.385. The summed E-state index contributed by atoms with van der Waals surface area (Å²) in [7, 11) is 1.34. The number of nitrogens with one attached hydrogen (secondary N) is 1. The highest BCUT2D eigenvalue weighted by Crippen LogP contribution is 2.27. The Morgan fingerprint density at radius 3 is 2.76 bits per heavy atom. The van der Waals surface area contributed by atoms with Gasteiger partial charge in [-0.15, -0.1) is 0 Å². The number of hydrogen-bond acceptors (Lipinski definition) is 4. The molecule has 0 aromatic heterocycles. The lowest BCUT2D eigenvalue weighted by atomic mass is 10.0. The fourth-order valence-electron chi connectivity index (χ4n) is 1.91. The van der Waals surface area contributed by atoms with Crippen molar-refractivity contribution < 1.29 is 14.5 Å². The normalized spacial score (nSPS) is 11.8. The van der Waals surface area contributed by atoms with Crippen molar-refractivity contribution >= 4 is 27.5 Å². The average Bonchev–Trinajstić information content (AvgIpc) is 2.50. The van der Waals surface area contributed by atoms with Crippen LogP contribution in [0.3, 0.4) is 0 Å². The fraction of sp³-hybridized carbons (Fsp3) is 0.500. The molecule has 0 saturated heterocycles. The van der Waals surface area contributed by atoms with Gasteiger partial charge in [-0.05, 0) is 18.4 Å². The zero-order valence-electron chi connectivity index (χ0n) is 12.1. The van der Waals surface area contributed by atoms with Gasteiger partial charge in [0.25, 0.3) is 5.91 Å². The van der Waals surface area contributed by atoms with E-state index in [1.165, 1.54) is 25.3 Å². The van der Waals surface area contributed by atoms with Gasteiger partial charge < -0.3 is 10.1 Å². The fourth-order valence-corrected chi connectivity index (χ4v) is 2.56. The van der Waals surface area contributed by atoms with E-state index >= 15 is 0 Å². The summed E-state index contributed by atoms with van der Waals surface area (Å²) in [5.74, 6) is 0.240. The van der Waals surface area contributed by atoms with E-state index in [-0.39, 0.29) is 17.3 Å². The van der Waals surface area contributed by atoms with Crippen LogP contribution in [0.25, 0.3) is 0 Å². The number of carbonyl (C=O) groups excluding carboxylic acids is 1. The van der Waals surface area contributed by atoms with Gasteiger partial charge >= 0.3 is 5.69 Å². The van der Waals surface area contributed by atoms with E-state index in [9.17, 15) is 14.9 Å². The first-order valence-electron chi connectivity index (χ1n) is 6.70. The molecule has 1 aromatic carbocycles. The summed E-state index contributed by atoms with van der Waals surface area (Å²) in [6.45, 7) is 2.66. The van der Waals surface area contributed by atoms with E-state index in [0.29, 0.717) is 18.0 Å². The van der Waals surface area contributed by atoms with Crippen LogP contribution in [0.5, 0.6) is 5.75 Å². The lowest BCUT2D eigenvalue weighted by Crippen LogP contribution is -2.29. The number of nitrogens with zero attached hydrogens (tertiary/aromatic N) is 1. The number of hydrogen-bond donors (Lipinski definition) is 1. The van der Waals surface area contributed by atoms with Crippen LogP contribution in [0.4, 0.5) is 5.69 Å². The van der Waals surface area contributed by atoms with Crippen LogP contribution in [0, 0.1) is 16.0 Å². The number of carbonyl (C=O) groups is 1. The van der Waals surface area contributed by atoms with Gasteiger partial charge in [0.15, 0.2) is 5.75 Å². The molecular formula is C14H19BrN2O4. The van der Waals surface area contributed by atoms with Crippen molar-refractivity contribution in [3.8, 4) is 5.75 Å². The predicted octanol–water partition coefficient (Wildman–Crippen LogP) is 3.14. The Balaban J connectivity index is 2.76. The summed E-state index contributed by atoms with van der Waals surface area (Å²) in [5.41, 5.74) is 0.200. The molecule has 0 radical (unpaired) electrons. The van der Waals surface area contributed by atoms with Gasteiger partial charge in [0.1, 0.15) is 0 Å². The number of nitro benzene ring substituents is 1. The van der Waals surface area contributed by atoms with E-state index in [2.05, 4.69) is 28.2 Å². The molecule has 21 heavy (non-hydrogen) atoms. The Labute approximate surface area is 132 Å². The third kappa shape index (κ3) is 5.00. The molecule has 1 atom stereocenters. The number of halogens is 1. The van der Waals surface area contributed by atoms with Crippen molar-refractivity contribution in [3.05, 3.63) is 33.9 Å². The molecule has 0 fully saturated rings. The minimum Gasteiger partial charge on any atom is -0.490 e. The van der Waals surface area contributed by atoms with Crippen LogP contribution in [-0.4, -0.2) is 29.8 Å². The zero-order chi connectivity index (χ0) is 15.8. The highest BCUT2D eigenvalue weighted by atomic mass is 79.9. The second-order valence-electron chi connectivity index (χ2n) is 4.61. The predicted molar refractivity (Wildman–Crippen MR) is 84.2 cm³/mol. The third-order valence-electron chi connectivity index (χ3n) is 3.28. The van der Waals surface area contributed by atoms with E-state index in [4.69, 9.17) is 4.74 Å². The summed E-state index contributed by atoms with van der Waals surface area (Å²) >= 11 is 3.39. The highest BCUT2D eigenvalue weighted by Gasteiger charge is 2.17. The molecule has 1 unspecified atom stereocenters. The molecule has 0 saturated carbocycles. The Hall–Kier alpha value is -1.63. The maximum atomic E-state index is 12.1. The number of benzene rings is 1. The zero-order valence-corrected chi connectivity index (χ0v) is 13.7. The topological polar surface area (TPSA) is 81.5 Å². The maximum Gasteiger partial charge on any atom is 0.310 e. The molecule has 7 heteroatoms. The molecule has 1 rings (SSSR count). The summed E-state index contributed by atoms with van der Waals surface area (Å²) in [6.07, 6.45) is 1.97. The second-order valence-corrected chi connectivity index (χ2v) is 5.40. The summed E-state index contributed by atoms with van der Waals surface area (Å²) in [4.78, 5) is 22.3. The van der Waals surface area contributed by atoms with Crippen molar-refractivity contribution in [1.29, 1.82) is 0 Å². The highest BCUT2D eigenvalue weighted by molar-refractivity contribution is 9.09. The molecule has 1 N–H and O–H groups in total. The molecule has 1 amide bonds.